The fourth-order valence-electron chi connectivity index (χ4n) is 3.84. The first-order valence-corrected chi connectivity index (χ1v) is 9.33. The van der Waals surface area contributed by atoms with Crippen molar-refractivity contribution in [2.24, 2.45) is 0 Å². The summed E-state index contributed by atoms with van der Waals surface area (Å²) in [5.41, 5.74) is 3.05. The molecule has 0 spiro atoms. The van der Waals surface area contributed by atoms with Crippen LogP contribution in [-0.4, -0.2) is 50.3 Å². The molecule has 1 fully saturated rings. The van der Waals surface area contributed by atoms with Crippen LogP contribution in [0.1, 0.15) is 17.3 Å². The van der Waals surface area contributed by atoms with Crippen molar-refractivity contribution >= 4 is 10.9 Å². The van der Waals surface area contributed by atoms with Gasteiger partial charge in [-0.1, -0.05) is 30.3 Å². The lowest BCUT2D eigenvalue weighted by molar-refractivity contribution is 0.189. The summed E-state index contributed by atoms with van der Waals surface area (Å²) in [6, 6.07) is 18.4. The van der Waals surface area contributed by atoms with Crippen LogP contribution in [0.2, 0.25) is 0 Å². The molecule has 4 rings (SSSR count). The number of nitrogens with zero attached hydrogens (tertiary/aromatic N) is 2. The van der Waals surface area contributed by atoms with Gasteiger partial charge in [0.25, 0.3) is 0 Å². The van der Waals surface area contributed by atoms with Crippen molar-refractivity contribution in [2.45, 2.75) is 6.04 Å². The second-order valence-electron chi connectivity index (χ2n) is 6.69. The number of pyridine rings is 1. The summed E-state index contributed by atoms with van der Waals surface area (Å²) in [7, 11) is 3.42. The van der Waals surface area contributed by atoms with Crippen molar-refractivity contribution in [1.29, 1.82) is 0 Å². The zero-order valence-corrected chi connectivity index (χ0v) is 15.8. The molecule has 27 heavy (non-hydrogen) atoms. The minimum absolute atomic E-state index is 0.0252. The summed E-state index contributed by atoms with van der Waals surface area (Å²) in [4.78, 5) is 7.46. The fourth-order valence-corrected chi connectivity index (χ4v) is 3.84. The Morgan fingerprint density at radius 2 is 1.59 bits per heavy atom. The number of benzene rings is 2. The Bertz CT molecular complexity index is 900. The molecular formula is C22H25N3O2. The van der Waals surface area contributed by atoms with Crippen molar-refractivity contribution in [2.75, 3.05) is 40.4 Å². The molecule has 0 amide bonds. The van der Waals surface area contributed by atoms with Crippen LogP contribution >= 0.6 is 0 Å². The van der Waals surface area contributed by atoms with Gasteiger partial charge in [0.1, 0.15) is 11.5 Å². The lowest BCUT2D eigenvalue weighted by Crippen LogP contribution is -2.45. The van der Waals surface area contributed by atoms with E-state index in [1.165, 1.54) is 0 Å². The van der Waals surface area contributed by atoms with Crippen molar-refractivity contribution in [3.05, 3.63) is 65.9 Å². The number of fused-ring (bicyclic) bond motifs is 1. The summed E-state index contributed by atoms with van der Waals surface area (Å²) < 4.78 is 11.4. The second-order valence-corrected chi connectivity index (χ2v) is 6.69. The zero-order valence-electron chi connectivity index (χ0n) is 15.8. The SMILES string of the molecule is COc1cccc(OC)c1C(c1ccc2ccccc2n1)N1CCNCC1. The number of rotatable bonds is 5. The number of methoxy groups -OCH3 is 2. The zero-order chi connectivity index (χ0) is 18.6. The molecule has 1 atom stereocenters. The smallest absolute Gasteiger partial charge is 0.127 e. The van der Waals surface area contributed by atoms with Gasteiger partial charge in [-0.05, 0) is 24.3 Å². The van der Waals surface area contributed by atoms with Gasteiger partial charge in [-0.3, -0.25) is 9.88 Å². The van der Waals surface area contributed by atoms with Crippen LogP contribution in [0.5, 0.6) is 11.5 Å². The third kappa shape index (κ3) is 3.48. The first-order valence-electron chi connectivity index (χ1n) is 9.33. The van der Waals surface area contributed by atoms with Crippen molar-refractivity contribution < 1.29 is 9.47 Å². The summed E-state index contributed by atoms with van der Waals surface area (Å²) in [5.74, 6) is 1.65. The van der Waals surface area contributed by atoms with Crippen molar-refractivity contribution in [3.63, 3.8) is 0 Å². The third-order valence-electron chi connectivity index (χ3n) is 5.16. The normalized spacial score (nSPS) is 16.2. The predicted octanol–water partition coefficient (Wildman–Crippen LogP) is 3.25. The Balaban J connectivity index is 1.89. The Morgan fingerprint density at radius 3 is 2.30 bits per heavy atom. The van der Waals surface area contributed by atoms with E-state index in [-0.39, 0.29) is 6.04 Å². The highest BCUT2D eigenvalue weighted by Gasteiger charge is 2.30. The van der Waals surface area contributed by atoms with Crippen molar-refractivity contribution in [1.82, 2.24) is 15.2 Å². The van der Waals surface area contributed by atoms with E-state index in [0.717, 1.165) is 59.8 Å². The van der Waals surface area contributed by atoms with Crippen LogP contribution < -0.4 is 14.8 Å². The first kappa shape index (κ1) is 17.8. The second kappa shape index (κ2) is 7.94. The summed E-state index contributed by atoms with van der Waals surface area (Å²) in [5, 5.41) is 4.58. The number of hydrogen-bond donors (Lipinski definition) is 1. The van der Waals surface area contributed by atoms with Crippen LogP contribution in [0.15, 0.2) is 54.6 Å². The highest BCUT2D eigenvalue weighted by molar-refractivity contribution is 5.78. The number of nitrogens with one attached hydrogen (secondary N) is 1. The van der Waals surface area contributed by atoms with Crippen LogP contribution in [0.4, 0.5) is 0 Å². The molecule has 140 valence electrons. The molecule has 1 aliphatic heterocycles. The molecule has 5 nitrogen and oxygen atoms in total. The molecule has 2 heterocycles. The summed E-state index contributed by atoms with van der Waals surface area (Å²) in [6.45, 7) is 3.81. The standard InChI is InChI=1S/C22H25N3O2/c1-26-19-8-5-9-20(27-2)21(19)22(25-14-12-23-13-15-25)18-11-10-16-6-3-4-7-17(16)24-18/h3-11,22-23H,12-15H2,1-2H3. The van der Waals surface area contributed by atoms with Gasteiger partial charge in [0.15, 0.2) is 0 Å². The van der Waals surface area contributed by atoms with E-state index in [0.29, 0.717) is 0 Å². The largest absolute Gasteiger partial charge is 0.496 e. The van der Waals surface area contributed by atoms with Gasteiger partial charge >= 0.3 is 0 Å². The molecule has 0 radical (unpaired) electrons. The number of ether oxygens (including phenoxy) is 2. The number of para-hydroxylation sites is 1. The Morgan fingerprint density at radius 1 is 0.889 bits per heavy atom. The number of hydrogen-bond acceptors (Lipinski definition) is 5. The molecule has 1 N–H and O–H groups in total. The van der Waals surface area contributed by atoms with Crippen LogP contribution in [0, 0.1) is 0 Å². The monoisotopic (exact) mass is 363 g/mol. The van der Waals surface area contributed by atoms with E-state index in [4.69, 9.17) is 14.5 Å². The predicted molar refractivity (Wildman–Crippen MR) is 108 cm³/mol. The Hall–Kier alpha value is -2.63. The van der Waals surface area contributed by atoms with E-state index < -0.39 is 0 Å². The Labute approximate surface area is 159 Å². The molecule has 1 saturated heterocycles. The highest BCUT2D eigenvalue weighted by Crippen LogP contribution is 2.40. The van der Waals surface area contributed by atoms with E-state index in [9.17, 15) is 0 Å². The third-order valence-corrected chi connectivity index (χ3v) is 5.16. The van der Waals surface area contributed by atoms with E-state index in [1.807, 2.05) is 30.3 Å². The van der Waals surface area contributed by atoms with Gasteiger partial charge in [-0.15, -0.1) is 0 Å². The van der Waals surface area contributed by atoms with Crippen molar-refractivity contribution in [3.8, 4) is 11.5 Å². The molecule has 1 aliphatic rings. The lowest BCUT2D eigenvalue weighted by atomic mass is 9.97. The molecule has 2 aromatic carbocycles. The highest BCUT2D eigenvalue weighted by atomic mass is 16.5. The lowest BCUT2D eigenvalue weighted by Gasteiger charge is -2.36. The molecule has 0 bridgehead atoms. The molecule has 1 unspecified atom stereocenters. The van der Waals surface area contributed by atoms with Crippen LogP contribution in [-0.2, 0) is 0 Å². The number of aromatic nitrogens is 1. The maximum Gasteiger partial charge on any atom is 0.127 e. The van der Waals surface area contributed by atoms with E-state index in [2.05, 4.69) is 34.5 Å². The first-order chi connectivity index (χ1) is 13.3. The van der Waals surface area contributed by atoms with Gasteiger partial charge in [-0.25, -0.2) is 0 Å². The van der Waals surface area contributed by atoms with Crippen LogP contribution in [0.25, 0.3) is 10.9 Å². The molecule has 3 aromatic rings. The van der Waals surface area contributed by atoms with Crippen LogP contribution in [0.3, 0.4) is 0 Å². The van der Waals surface area contributed by atoms with Gasteiger partial charge in [0.05, 0.1) is 37.0 Å². The van der Waals surface area contributed by atoms with Gasteiger partial charge in [0.2, 0.25) is 0 Å². The number of piperazine rings is 1. The topological polar surface area (TPSA) is 46.6 Å². The maximum absolute atomic E-state index is 5.72. The van der Waals surface area contributed by atoms with E-state index in [1.54, 1.807) is 14.2 Å². The van der Waals surface area contributed by atoms with E-state index >= 15 is 0 Å². The average Bonchev–Trinajstić information content (AvgIpc) is 2.74. The Kier molecular flexibility index (Phi) is 5.23. The molecule has 1 aromatic heterocycles. The quantitative estimate of drug-likeness (QED) is 0.754. The summed E-state index contributed by atoms with van der Waals surface area (Å²) >= 11 is 0. The fraction of sp³-hybridized carbons (Fsp3) is 0.318. The molecule has 5 heteroatoms. The minimum atomic E-state index is -0.0252. The maximum atomic E-state index is 5.72. The van der Waals surface area contributed by atoms with Gasteiger partial charge in [-0.2, -0.15) is 0 Å². The van der Waals surface area contributed by atoms with Gasteiger partial charge < -0.3 is 14.8 Å². The summed E-state index contributed by atoms with van der Waals surface area (Å²) in [6.07, 6.45) is 0. The molecular weight excluding hydrogens is 338 g/mol. The molecule has 0 aliphatic carbocycles. The minimum Gasteiger partial charge on any atom is -0.496 e. The van der Waals surface area contributed by atoms with Gasteiger partial charge in [0, 0.05) is 31.6 Å². The molecule has 0 saturated carbocycles. The average molecular weight is 363 g/mol.